The Kier molecular flexibility index (Phi) is 5.11. The lowest BCUT2D eigenvalue weighted by molar-refractivity contribution is 0.0537. The predicted octanol–water partition coefficient (Wildman–Crippen LogP) is 5.37. The van der Waals surface area contributed by atoms with E-state index in [1.807, 2.05) is 42.5 Å². The first-order valence-electron chi connectivity index (χ1n) is 8.25. The maximum atomic E-state index is 12.1. The summed E-state index contributed by atoms with van der Waals surface area (Å²) in [5, 5.41) is 0. The maximum absolute atomic E-state index is 12.1. The lowest BCUT2D eigenvalue weighted by Gasteiger charge is -2.09. The Bertz CT molecular complexity index is 1050. The molecule has 4 nitrogen and oxygen atoms in total. The van der Waals surface area contributed by atoms with Gasteiger partial charge in [-0.1, -0.05) is 58.0 Å². The minimum absolute atomic E-state index is 0.299. The Morgan fingerprint density at radius 1 is 1.04 bits per heavy atom. The summed E-state index contributed by atoms with van der Waals surface area (Å²) in [5.41, 5.74) is 6.59. The van der Waals surface area contributed by atoms with Crippen LogP contribution in [0.3, 0.4) is 0 Å². The highest BCUT2D eigenvalue weighted by molar-refractivity contribution is 9.10. The second-order valence-electron chi connectivity index (χ2n) is 5.88. The zero-order chi connectivity index (χ0) is 18.8. The van der Waals surface area contributed by atoms with Crippen LogP contribution in [0.2, 0.25) is 0 Å². The number of halogens is 1. The van der Waals surface area contributed by atoms with Gasteiger partial charge in [-0.2, -0.15) is 0 Å². The van der Waals surface area contributed by atoms with Crippen molar-refractivity contribution in [3.63, 3.8) is 0 Å². The average molecular weight is 439 g/mol. The molecule has 0 atom stereocenters. The Labute approximate surface area is 169 Å². The van der Waals surface area contributed by atoms with Crippen molar-refractivity contribution in [1.82, 2.24) is 5.48 Å². The molecule has 27 heavy (non-hydrogen) atoms. The number of hydroxylamine groups is 1. The van der Waals surface area contributed by atoms with Crippen LogP contribution in [-0.2, 0) is 4.84 Å². The number of hydrogen-bond acceptors (Lipinski definition) is 4. The third kappa shape index (κ3) is 3.69. The standard InChI is InChI=1S/C21H15BrN2O2S/c1-26-24-21(25)14-8-11-19-17(12-14)23-20(13-6-9-15(22)10-7-13)16-4-2-3-5-18(16)27-19/h2-12H,1H3,(H,24,25). The number of fused-ring (bicyclic) bond motifs is 2. The summed E-state index contributed by atoms with van der Waals surface area (Å²) in [6, 6.07) is 21.8. The molecule has 0 bridgehead atoms. The van der Waals surface area contributed by atoms with E-state index < -0.39 is 0 Å². The van der Waals surface area contributed by atoms with Gasteiger partial charge >= 0.3 is 0 Å². The summed E-state index contributed by atoms with van der Waals surface area (Å²) in [6.45, 7) is 0. The van der Waals surface area contributed by atoms with Crippen LogP contribution in [0, 0.1) is 0 Å². The molecule has 0 aliphatic carbocycles. The average Bonchev–Trinajstić information content (AvgIpc) is 2.85. The van der Waals surface area contributed by atoms with Gasteiger partial charge in [-0.3, -0.25) is 9.63 Å². The molecule has 1 aliphatic rings. The van der Waals surface area contributed by atoms with Crippen LogP contribution in [0.25, 0.3) is 0 Å². The van der Waals surface area contributed by atoms with Crippen molar-refractivity contribution in [3.05, 3.63) is 87.9 Å². The van der Waals surface area contributed by atoms with E-state index in [9.17, 15) is 4.79 Å². The van der Waals surface area contributed by atoms with Crippen LogP contribution in [-0.4, -0.2) is 18.7 Å². The zero-order valence-corrected chi connectivity index (χ0v) is 16.8. The molecule has 0 aromatic heterocycles. The quantitative estimate of drug-likeness (QED) is 0.437. The van der Waals surface area contributed by atoms with Crippen molar-refractivity contribution in [2.75, 3.05) is 7.11 Å². The molecule has 0 unspecified atom stereocenters. The number of aliphatic imine (C=N–C) groups is 1. The van der Waals surface area contributed by atoms with Gasteiger partial charge in [-0.25, -0.2) is 10.5 Å². The second-order valence-corrected chi connectivity index (χ2v) is 7.88. The lowest BCUT2D eigenvalue weighted by Crippen LogP contribution is -2.21. The fraction of sp³-hybridized carbons (Fsp3) is 0.0476. The molecule has 3 aromatic rings. The Morgan fingerprint density at radius 2 is 1.81 bits per heavy atom. The van der Waals surface area contributed by atoms with Crippen LogP contribution < -0.4 is 5.48 Å². The number of carbonyl (C=O) groups is 1. The predicted molar refractivity (Wildman–Crippen MR) is 111 cm³/mol. The molecule has 1 N–H and O–H groups in total. The number of carbonyl (C=O) groups excluding carboxylic acids is 1. The van der Waals surface area contributed by atoms with Gasteiger partial charge in [0.15, 0.2) is 0 Å². The molecule has 0 saturated heterocycles. The van der Waals surface area contributed by atoms with Crippen molar-refractivity contribution < 1.29 is 9.63 Å². The molecule has 0 saturated carbocycles. The van der Waals surface area contributed by atoms with Gasteiger partial charge in [-0.15, -0.1) is 0 Å². The minimum Gasteiger partial charge on any atom is -0.277 e. The van der Waals surface area contributed by atoms with E-state index in [0.29, 0.717) is 5.56 Å². The van der Waals surface area contributed by atoms with Crippen molar-refractivity contribution in [2.45, 2.75) is 9.79 Å². The molecular weight excluding hydrogens is 424 g/mol. The van der Waals surface area contributed by atoms with Crippen LogP contribution >= 0.6 is 27.7 Å². The topological polar surface area (TPSA) is 50.7 Å². The summed E-state index contributed by atoms with van der Waals surface area (Å²) < 4.78 is 1.02. The molecular formula is C21H15BrN2O2S. The van der Waals surface area contributed by atoms with Crippen molar-refractivity contribution in [1.29, 1.82) is 0 Å². The van der Waals surface area contributed by atoms with Gasteiger partial charge < -0.3 is 0 Å². The highest BCUT2D eigenvalue weighted by Gasteiger charge is 2.19. The maximum Gasteiger partial charge on any atom is 0.274 e. The molecule has 1 heterocycles. The number of nitrogens with one attached hydrogen (secondary N) is 1. The number of hydrogen-bond donors (Lipinski definition) is 1. The smallest absolute Gasteiger partial charge is 0.274 e. The van der Waals surface area contributed by atoms with Gasteiger partial charge in [0.1, 0.15) is 0 Å². The molecule has 134 valence electrons. The fourth-order valence-electron chi connectivity index (χ4n) is 2.86. The molecule has 0 radical (unpaired) electrons. The Balaban J connectivity index is 1.89. The van der Waals surface area contributed by atoms with E-state index in [0.717, 1.165) is 36.8 Å². The summed E-state index contributed by atoms with van der Waals surface area (Å²) in [6.07, 6.45) is 0. The number of nitrogens with zero attached hydrogens (tertiary/aromatic N) is 1. The first-order valence-corrected chi connectivity index (χ1v) is 9.86. The largest absolute Gasteiger partial charge is 0.277 e. The van der Waals surface area contributed by atoms with Gasteiger partial charge in [-0.05, 0) is 36.4 Å². The van der Waals surface area contributed by atoms with Crippen LogP contribution in [0.4, 0.5) is 5.69 Å². The summed E-state index contributed by atoms with van der Waals surface area (Å²) in [5.74, 6) is -0.299. The van der Waals surface area contributed by atoms with Crippen molar-refractivity contribution in [2.24, 2.45) is 4.99 Å². The third-order valence-corrected chi connectivity index (χ3v) is 5.80. The number of amides is 1. The van der Waals surface area contributed by atoms with E-state index in [1.54, 1.807) is 23.9 Å². The van der Waals surface area contributed by atoms with Gasteiger partial charge in [0.05, 0.1) is 18.5 Å². The van der Waals surface area contributed by atoms with Crippen LogP contribution in [0.15, 0.2) is 86.0 Å². The zero-order valence-electron chi connectivity index (χ0n) is 14.4. The van der Waals surface area contributed by atoms with E-state index in [1.165, 1.54) is 7.11 Å². The molecule has 1 amide bonds. The summed E-state index contributed by atoms with van der Waals surface area (Å²) in [7, 11) is 1.41. The molecule has 0 spiro atoms. The summed E-state index contributed by atoms with van der Waals surface area (Å²) >= 11 is 5.13. The Morgan fingerprint density at radius 3 is 2.59 bits per heavy atom. The van der Waals surface area contributed by atoms with E-state index in [4.69, 9.17) is 9.83 Å². The summed E-state index contributed by atoms with van der Waals surface area (Å²) in [4.78, 5) is 23.9. The minimum atomic E-state index is -0.299. The third-order valence-electron chi connectivity index (χ3n) is 4.13. The molecule has 0 fully saturated rings. The van der Waals surface area contributed by atoms with Gasteiger partial charge in [0.2, 0.25) is 0 Å². The molecule has 4 rings (SSSR count). The Hall–Kier alpha value is -2.41. The molecule has 1 aliphatic heterocycles. The SMILES string of the molecule is CONC(=O)c1ccc2c(c1)N=C(c1ccc(Br)cc1)c1ccccc1S2. The van der Waals surface area contributed by atoms with Gasteiger partial charge in [0.25, 0.3) is 5.91 Å². The number of benzene rings is 3. The van der Waals surface area contributed by atoms with E-state index >= 15 is 0 Å². The van der Waals surface area contributed by atoms with E-state index in [-0.39, 0.29) is 5.91 Å². The monoisotopic (exact) mass is 438 g/mol. The van der Waals surface area contributed by atoms with E-state index in [2.05, 4.69) is 33.5 Å². The molecule has 6 heteroatoms. The molecule has 3 aromatic carbocycles. The lowest BCUT2D eigenvalue weighted by atomic mass is 10.0. The number of rotatable bonds is 3. The van der Waals surface area contributed by atoms with Crippen molar-refractivity contribution >= 4 is 45.0 Å². The van der Waals surface area contributed by atoms with Crippen LogP contribution in [0.5, 0.6) is 0 Å². The van der Waals surface area contributed by atoms with Crippen LogP contribution in [0.1, 0.15) is 21.5 Å². The first-order chi connectivity index (χ1) is 13.2. The van der Waals surface area contributed by atoms with Crippen molar-refractivity contribution in [3.8, 4) is 0 Å². The van der Waals surface area contributed by atoms with Gasteiger partial charge in [0, 0.05) is 31.0 Å². The highest BCUT2D eigenvalue weighted by atomic mass is 79.9. The highest BCUT2D eigenvalue weighted by Crippen LogP contribution is 2.41. The first kappa shape index (κ1) is 18.0. The normalized spacial score (nSPS) is 12.4. The second kappa shape index (κ2) is 7.68. The fourth-order valence-corrected chi connectivity index (χ4v) is 4.13.